The van der Waals surface area contributed by atoms with Crippen LogP contribution in [0.5, 0.6) is 0 Å². The van der Waals surface area contributed by atoms with Crippen molar-refractivity contribution in [3.8, 4) is 5.69 Å². The topological polar surface area (TPSA) is 71.2 Å². The van der Waals surface area contributed by atoms with Crippen LogP contribution in [0, 0.1) is 6.92 Å². The molecule has 0 bridgehead atoms. The van der Waals surface area contributed by atoms with Crippen molar-refractivity contribution in [3.63, 3.8) is 0 Å². The van der Waals surface area contributed by atoms with Crippen molar-refractivity contribution in [2.45, 2.75) is 18.5 Å². The van der Waals surface area contributed by atoms with Gasteiger partial charge < -0.3 is 5.73 Å². The van der Waals surface area contributed by atoms with Crippen LogP contribution in [0.1, 0.15) is 12.0 Å². The number of nitrogens with zero attached hydrogens (tertiary/aromatic N) is 4. The van der Waals surface area contributed by atoms with Crippen molar-refractivity contribution in [1.82, 2.24) is 20.2 Å². The molecule has 0 aliphatic heterocycles. The molecule has 6 heteroatoms. The molecule has 0 saturated carbocycles. The molecule has 17 heavy (non-hydrogen) atoms. The van der Waals surface area contributed by atoms with E-state index in [9.17, 15) is 0 Å². The van der Waals surface area contributed by atoms with Gasteiger partial charge in [-0.25, -0.2) is 0 Å². The zero-order valence-electron chi connectivity index (χ0n) is 9.83. The highest BCUT2D eigenvalue weighted by molar-refractivity contribution is 7.99. The van der Waals surface area contributed by atoms with Crippen LogP contribution in [0.2, 0.25) is 0 Å². The fourth-order valence-electron chi connectivity index (χ4n) is 1.49. The van der Waals surface area contributed by atoms with E-state index < -0.39 is 0 Å². The lowest BCUT2D eigenvalue weighted by Gasteiger charge is -2.06. The lowest BCUT2D eigenvalue weighted by molar-refractivity contribution is -0.367. The van der Waals surface area contributed by atoms with Crippen LogP contribution < -0.4 is 5.73 Å². The zero-order chi connectivity index (χ0) is 12.1. The van der Waals surface area contributed by atoms with Gasteiger partial charge in [0.25, 0.3) is 0 Å². The Morgan fingerprint density at radius 1 is 1.35 bits per heavy atom. The second kappa shape index (κ2) is 5.79. The van der Waals surface area contributed by atoms with E-state index in [0.717, 1.165) is 29.6 Å². The highest BCUT2D eigenvalue weighted by Crippen LogP contribution is 2.20. The summed E-state index contributed by atoms with van der Waals surface area (Å²) in [5.74, 6) is 0.996. The molecule has 1 aromatic carbocycles. The van der Waals surface area contributed by atoms with Gasteiger partial charge >= 0.3 is 0 Å². The highest BCUT2D eigenvalue weighted by Gasteiger charge is 2.09. The molecule has 0 spiro atoms. The summed E-state index contributed by atoms with van der Waals surface area (Å²) in [4.78, 5) is 0. The lowest BCUT2D eigenvalue weighted by Crippen LogP contribution is -2.50. The van der Waals surface area contributed by atoms with Crippen LogP contribution in [-0.4, -0.2) is 32.5 Å². The maximum atomic E-state index is 4.05. The number of hydrogen-bond acceptors (Lipinski definition) is 4. The summed E-state index contributed by atoms with van der Waals surface area (Å²) in [6.45, 7) is 3.00. The monoisotopic (exact) mass is 250 g/mol. The molecule has 5 nitrogen and oxygen atoms in total. The molecule has 0 aliphatic rings. The molecule has 0 radical (unpaired) electrons. The number of quaternary nitrogens is 1. The van der Waals surface area contributed by atoms with Gasteiger partial charge in [-0.3, -0.25) is 0 Å². The van der Waals surface area contributed by atoms with E-state index in [1.54, 1.807) is 16.4 Å². The number of aromatic nitrogens is 4. The maximum Gasteiger partial charge on any atom is 0.214 e. The SMILES string of the molecule is Cc1ccccc1-n1nnnc1SCCC[NH3+]. The minimum Gasteiger partial charge on any atom is -0.358 e. The number of thioether (sulfide) groups is 1. The summed E-state index contributed by atoms with van der Waals surface area (Å²) in [5, 5.41) is 12.7. The van der Waals surface area contributed by atoms with Crippen LogP contribution >= 0.6 is 11.8 Å². The minimum atomic E-state index is 0.841. The fraction of sp³-hybridized carbons (Fsp3) is 0.364. The summed E-state index contributed by atoms with van der Waals surface area (Å²) in [5.41, 5.74) is 6.03. The highest BCUT2D eigenvalue weighted by atomic mass is 32.2. The van der Waals surface area contributed by atoms with Crippen LogP contribution in [0.3, 0.4) is 0 Å². The average Bonchev–Trinajstić information content (AvgIpc) is 2.78. The van der Waals surface area contributed by atoms with Gasteiger partial charge in [-0.2, -0.15) is 4.68 Å². The molecule has 3 N–H and O–H groups in total. The van der Waals surface area contributed by atoms with E-state index in [-0.39, 0.29) is 0 Å². The predicted octanol–water partition coefficient (Wildman–Crippen LogP) is 0.695. The maximum absolute atomic E-state index is 4.05. The average molecular weight is 250 g/mol. The minimum absolute atomic E-state index is 0.841. The Morgan fingerprint density at radius 2 is 2.18 bits per heavy atom. The molecular weight excluding hydrogens is 234 g/mol. The molecular formula is C11H16N5S+. The first-order valence-corrected chi connectivity index (χ1v) is 6.58. The van der Waals surface area contributed by atoms with Gasteiger partial charge in [-0.05, 0) is 29.0 Å². The quantitative estimate of drug-likeness (QED) is 0.626. The van der Waals surface area contributed by atoms with Gasteiger partial charge in [0.05, 0.1) is 12.2 Å². The van der Waals surface area contributed by atoms with Crippen molar-refractivity contribution in [2.24, 2.45) is 0 Å². The van der Waals surface area contributed by atoms with E-state index in [4.69, 9.17) is 0 Å². The Labute approximate surface area is 104 Å². The second-order valence-corrected chi connectivity index (χ2v) is 4.78. The smallest absolute Gasteiger partial charge is 0.214 e. The first kappa shape index (κ1) is 12.1. The van der Waals surface area contributed by atoms with Crippen molar-refractivity contribution in [2.75, 3.05) is 12.3 Å². The van der Waals surface area contributed by atoms with Gasteiger partial charge in [0.2, 0.25) is 5.16 Å². The molecule has 2 rings (SSSR count). The number of benzene rings is 1. The fourth-order valence-corrected chi connectivity index (χ4v) is 2.37. The second-order valence-electron chi connectivity index (χ2n) is 3.72. The van der Waals surface area contributed by atoms with Crippen molar-refractivity contribution < 1.29 is 5.73 Å². The number of aryl methyl sites for hydroxylation is 1. The standard InChI is InChI=1S/C11H15N5S/c1-9-5-2-3-6-10(9)16-11(13-14-15-16)17-8-4-7-12/h2-3,5-6H,4,7-8,12H2,1H3/p+1. The van der Waals surface area contributed by atoms with E-state index in [1.807, 2.05) is 18.2 Å². The van der Waals surface area contributed by atoms with E-state index in [0.29, 0.717) is 0 Å². The molecule has 0 aliphatic carbocycles. The van der Waals surface area contributed by atoms with Crippen molar-refractivity contribution >= 4 is 11.8 Å². The van der Waals surface area contributed by atoms with Crippen LogP contribution in [-0.2, 0) is 0 Å². The van der Waals surface area contributed by atoms with Crippen LogP contribution in [0.15, 0.2) is 29.4 Å². The molecule has 1 heterocycles. The van der Waals surface area contributed by atoms with Gasteiger partial charge in [-0.1, -0.05) is 30.0 Å². The molecule has 0 atom stereocenters. The summed E-state index contributed by atoms with van der Waals surface area (Å²) in [6, 6.07) is 8.09. The van der Waals surface area contributed by atoms with Crippen molar-refractivity contribution in [3.05, 3.63) is 29.8 Å². The Morgan fingerprint density at radius 3 is 2.94 bits per heavy atom. The normalized spacial score (nSPS) is 10.7. The van der Waals surface area contributed by atoms with Gasteiger partial charge in [0, 0.05) is 12.2 Å². The third-order valence-corrected chi connectivity index (χ3v) is 3.42. The predicted molar refractivity (Wildman–Crippen MR) is 67.0 cm³/mol. The molecule has 0 unspecified atom stereocenters. The number of tetrazole rings is 1. The largest absolute Gasteiger partial charge is 0.358 e. The Balaban J connectivity index is 2.22. The molecule has 1 aromatic heterocycles. The third-order valence-electron chi connectivity index (χ3n) is 2.41. The number of rotatable bonds is 5. The molecule has 0 saturated heterocycles. The third kappa shape index (κ3) is 2.83. The van der Waals surface area contributed by atoms with Gasteiger partial charge in [0.1, 0.15) is 0 Å². The molecule has 0 fully saturated rings. The Hall–Kier alpha value is -1.40. The molecule has 0 amide bonds. The Bertz CT molecular complexity index is 482. The summed E-state index contributed by atoms with van der Waals surface area (Å²) in [7, 11) is 0. The van der Waals surface area contributed by atoms with E-state index in [1.165, 1.54) is 5.56 Å². The Kier molecular flexibility index (Phi) is 4.11. The lowest BCUT2D eigenvalue weighted by atomic mass is 10.2. The van der Waals surface area contributed by atoms with Crippen molar-refractivity contribution in [1.29, 1.82) is 0 Å². The molecule has 90 valence electrons. The first-order valence-electron chi connectivity index (χ1n) is 5.59. The summed E-state index contributed by atoms with van der Waals surface area (Å²) in [6.07, 6.45) is 1.07. The van der Waals surface area contributed by atoms with Gasteiger partial charge in [-0.15, -0.1) is 5.10 Å². The number of para-hydroxylation sites is 1. The van der Waals surface area contributed by atoms with Crippen LogP contribution in [0.4, 0.5) is 0 Å². The van der Waals surface area contributed by atoms with E-state index in [2.05, 4.69) is 34.2 Å². The van der Waals surface area contributed by atoms with E-state index >= 15 is 0 Å². The number of hydrogen-bond donors (Lipinski definition) is 1. The van der Waals surface area contributed by atoms with Gasteiger partial charge in [0.15, 0.2) is 0 Å². The summed E-state index contributed by atoms with van der Waals surface area (Å²) >= 11 is 1.67. The summed E-state index contributed by atoms with van der Waals surface area (Å²) < 4.78 is 1.79. The molecule has 2 aromatic rings. The van der Waals surface area contributed by atoms with Crippen LogP contribution in [0.25, 0.3) is 5.69 Å². The first-order chi connectivity index (χ1) is 8.33. The zero-order valence-corrected chi connectivity index (χ0v) is 10.7.